The molecule has 2 aromatic carbocycles. The number of rotatable bonds is 3. The Morgan fingerprint density at radius 1 is 1.09 bits per heavy atom. The van der Waals surface area contributed by atoms with Crippen LogP contribution in [-0.4, -0.2) is 15.1 Å². The van der Waals surface area contributed by atoms with Crippen LogP contribution >= 0.6 is 15.9 Å². The lowest BCUT2D eigenvalue weighted by Gasteiger charge is -1.96. The molecular formula is C17H12BrN3O2. The van der Waals surface area contributed by atoms with Gasteiger partial charge in [0.25, 0.3) is 5.89 Å². The minimum absolute atomic E-state index is 0.474. The van der Waals surface area contributed by atoms with E-state index in [1.54, 1.807) is 0 Å². The Morgan fingerprint density at radius 3 is 2.78 bits per heavy atom. The van der Waals surface area contributed by atoms with Crippen LogP contribution in [0.1, 0.15) is 12.8 Å². The molecule has 0 radical (unpaired) electrons. The van der Waals surface area contributed by atoms with Gasteiger partial charge < -0.3 is 8.94 Å². The molecule has 0 aliphatic heterocycles. The molecule has 5 nitrogen and oxygen atoms in total. The molecule has 0 saturated heterocycles. The van der Waals surface area contributed by atoms with Gasteiger partial charge >= 0.3 is 0 Å². The van der Waals surface area contributed by atoms with Gasteiger partial charge in [0.2, 0.25) is 5.82 Å². The van der Waals surface area contributed by atoms with Crippen LogP contribution in [0.5, 0.6) is 0 Å². The van der Waals surface area contributed by atoms with E-state index in [1.807, 2.05) is 49.4 Å². The zero-order valence-corrected chi connectivity index (χ0v) is 13.9. The molecule has 2 heterocycles. The average Bonchev–Trinajstić information content (AvgIpc) is 3.21. The number of hydrogen-bond donors (Lipinski definition) is 0. The molecule has 23 heavy (non-hydrogen) atoms. The molecule has 0 aliphatic carbocycles. The van der Waals surface area contributed by atoms with Crippen molar-refractivity contribution in [2.45, 2.75) is 13.3 Å². The standard InChI is InChI=1S/C17H12BrN3O2/c1-2-15-19-13-9-10(7-8-14(13)22-15)16-20-17(23-21-16)11-5-3-4-6-12(11)18/h3-9H,2H2,1H3. The summed E-state index contributed by atoms with van der Waals surface area (Å²) in [5.74, 6) is 1.72. The molecule has 2 aromatic heterocycles. The van der Waals surface area contributed by atoms with E-state index < -0.39 is 0 Å². The Hall–Kier alpha value is -2.47. The molecule has 4 rings (SSSR count). The fourth-order valence-corrected chi connectivity index (χ4v) is 2.80. The normalized spacial score (nSPS) is 11.2. The van der Waals surface area contributed by atoms with Crippen molar-refractivity contribution >= 4 is 27.0 Å². The van der Waals surface area contributed by atoms with Gasteiger partial charge in [-0.15, -0.1) is 0 Å². The maximum Gasteiger partial charge on any atom is 0.259 e. The van der Waals surface area contributed by atoms with Gasteiger partial charge in [-0.1, -0.05) is 24.2 Å². The monoisotopic (exact) mass is 369 g/mol. The number of nitrogens with zero attached hydrogens (tertiary/aromatic N) is 3. The predicted molar refractivity (Wildman–Crippen MR) is 89.8 cm³/mol. The van der Waals surface area contributed by atoms with Crippen LogP contribution in [0, 0.1) is 0 Å². The molecule has 0 fully saturated rings. The first-order valence-electron chi connectivity index (χ1n) is 7.23. The van der Waals surface area contributed by atoms with Crippen LogP contribution in [0.3, 0.4) is 0 Å². The summed E-state index contributed by atoms with van der Waals surface area (Å²) in [4.78, 5) is 8.92. The summed E-state index contributed by atoms with van der Waals surface area (Å²) in [7, 11) is 0. The number of aryl methyl sites for hydroxylation is 1. The van der Waals surface area contributed by atoms with Crippen LogP contribution in [0.4, 0.5) is 0 Å². The van der Waals surface area contributed by atoms with E-state index in [4.69, 9.17) is 8.94 Å². The van der Waals surface area contributed by atoms with Crippen molar-refractivity contribution in [3.63, 3.8) is 0 Å². The number of hydrogen-bond acceptors (Lipinski definition) is 5. The first kappa shape index (κ1) is 14.1. The minimum Gasteiger partial charge on any atom is -0.441 e. The molecule has 4 aromatic rings. The average molecular weight is 370 g/mol. The van der Waals surface area contributed by atoms with E-state index in [1.165, 1.54) is 0 Å². The summed E-state index contributed by atoms with van der Waals surface area (Å²) in [5.41, 5.74) is 3.27. The number of benzene rings is 2. The van der Waals surface area contributed by atoms with Crippen LogP contribution < -0.4 is 0 Å². The fourth-order valence-electron chi connectivity index (χ4n) is 2.35. The first-order chi connectivity index (χ1) is 11.2. The first-order valence-corrected chi connectivity index (χ1v) is 8.02. The van der Waals surface area contributed by atoms with E-state index in [9.17, 15) is 0 Å². The van der Waals surface area contributed by atoms with E-state index in [-0.39, 0.29) is 0 Å². The van der Waals surface area contributed by atoms with E-state index in [2.05, 4.69) is 31.1 Å². The van der Waals surface area contributed by atoms with E-state index in [0.717, 1.165) is 39.0 Å². The predicted octanol–water partition coefficient (Wildman–Crippen LogP) is 4.87. The third kappa shape index (κ3) is 2.55. The maximum atomic E-state index is 5.62. The Bertz CT molecular complexity index is 990. The summed E-state index contributed by atoms with van der Waals surface area (Å²) in [5, 5.41) is 4.07. The van der Waals surface area contributed by atoms with Crippen molar-refractivity contribution in [2.24, 2.45) is 0 Å². The molecule has 0 aliphatic rings. The molecule has 114 valence electrons. The van der Waals surface area contributed by atoms with Crippen molar-refractivity contribution in [1.82, 2.24) is 15.1 Å². The van der Waals surface area contributed by atoms with Gasteiger partial charge in [0.1, 0.15) is 5.52 Å². The Kier molecular flexibility index (Phi) is 3.46. The molecule has 0 saturated carbocycles. The van der Waals surface area contributed by atoms with E-state index in [0.29, 0.717) is 11.7 Å². The van der Waals surface area contributed by atoms with Gasteiger partial charge in [0.15, 0.2) is 11.5 Å². The molecule has 0 amide bonds. The highest BCUT2D eigenvalue weighted by atomic mass is 79.9. The van der Waals surface area contributed by atoms with Gasteiger partial charge in [0, 0.05) is 16.5 Å². The largest absolute Gasteiger partial charge is 0.441 e. The summed E-state index contributed by atoms with van der Waals surface area (Å²) in [6.45, 7) is 2.01. The maximum absolute atomic E-state index is 5.62. The molecule has 6 heteroatoms. The number of halogens is 1. The fraction of sp³-hybridized carbons (Fsp3) is 0.118. The van der Waals surface area contributed by atoms with Crippen LogP contribution in [-0.2, 0) is 6.42 Å². The lowest BCUT2D eigenvalue weighted by molar-refractivity contribution is 0.432. The zero-order valence-electron chi connectivity index (χ0n) is 12.3. The number of aromatic nitrogens is 3. The van der Waals surface area contributed by atoms with Crippen LogP contribution in [0.2, 0.25) is 0 Å². The molecule has 0 atom stereocenters. The summed E-state index contributed by atoms with van der Waals surface area (Å²) >= 11 is 3.49. The smallest absolute Gasteiger partial charge is 0.259 e. The van der Waals surface area contributed by atoms with Crippen molar-refractivity contribution in [3.05, 3.63) is 52.8 Å². The number of fused-ring (bicyclic) bond motifs is 1. The van der Waals surface area contributed by atoms with Gasteiger partial charge in [-0.05, 0) is 46.3 Å². The van der Waals surface area contributed by atoms with Crippen LogP contribution in [0.25, 0.3) is 33.9 Å². The second kappa shape index (κ2) is 5.62. The highest BCUT2D eigenvalue weighted by molar-refractivity contribution is 9.10. The molecule has 0 bridgehead atoms. The van der Waals surface area contributed by atoms with Crippen molar-refractivity contribution in [3.8, 4) is 22.8 Å². The second-order valence-corrected chi connectivity index (χ2v) is 5.90. The van der Waals surface area contributed by atoms with Crippen molar-refractivity contribution in [1.29, 1.82) is 0 Å². The highest BCUT2D eigenvalue weighted by Gasteiger charge is 2.14. The van der Waals surface area contributed by atoms with Gasteiger partial charge in [0.05, 0.1) is 5.56 Å². The quantitative estimate of drug-likeness (QED) is 0.515. The highest BCUT2D eigenvalue weighted by Crippen LogP contribution is 2.29. The van der Waals surface area contributed by atoms with Gasteiger partial charge in [-0.25, -0.2) is 4.98 Å². The Balaban J connectivity index is 1.75. The topological polar surface area (TPSA) is 65.0 Å². The summed E-state index contributed by atoms with van der Waals surface area (Å²) in [6, 6.07) is 13.4. The third-order valence-electron chi connectivity index (χ3n) is 3.52. The SMILES string of the molecule is CCc1nc2cc(-c3noc(-c4ccccc4Br)n3)ccc2o1. The molecule has 0 unspecified atom stereocenters. The van der Waals surface area contributed by atoms with Gasteiger partial charge in [-0.3, -0.25) is 0 Å². The minimum atomic E-state index is 0.474. The Morgan fingerprint density at radius 2 is 1.96 bits per heavy atom. The number of oxazole rings is 1. The lowest BCUT2D eigenvalue weighted by atomic mass is 10.2. The van der Waals surface area contributed by atoms with E-state index >= 15 is 0 Å². The molecule has 0 N–H and O–H groups in total. The van der Waals surface area contributed by atoms with Crippen molar-refractivity contribution < 1.29 is 8.94 Å². The summed E-state index contributed by atoms with van der Waals surface area (Å²) in [6.07, 6.45) is 0.762. The third-order valence-corrected chi connectivity index (χ3v) is 4.21. The molecular weight excluding hydrogens is 358 g/mol. The molecule has 0 spiro atoms. The zero-order chi connectivity index (χ0) is 15.8. The second-order valence-electron chi connectivity index (χ2n) is 5.05. The Labute approximate surface area is 140 Å². The van der Waals surface area contributed by atoms with Gasteiger partial charge in [-0.2, -0.15) is 4.98 Å². The van der Waals surface area contributed by atoms with Crippen LogP contribution in [0.15, 0.2) is 55.9 Å². The van der Waals surface area contributed by atoms with Crippen molar-refractivity contribution in [2.75, 3.05) is 0 Å². The lowest BCUT2D eigenvalue weighted by Crippen LogP contribution is -1.82. The summed E-state index contributed by atoms with van der Waals surface area (Å²) < 4.78 is 11.9.